The topological polar surface area (TPSA) is 49.7 Å². The Morgan fingerprint density at radius 2 is 1.36 bits per heavy atom. The highest BCUT2D eigenvalue weighted by molar-refractivity contribution is 4.44. The molecule has 0 aromatic heterocycles. The van der Waals surface area contributed by atoms with Crippen molar-refractivity contribution in [2.24, 2.45) is 0 Å². The highest BCUT2D eigenvalue weighted by atomic mass is 16.7. The van der Waals surface area contributed by atoms with Gasteiger partial charge in [-0.2, -0.15) is 0 Å². The van der Waals surface area contributed by atoms with Crippen LogP contribution in [-0.2, 0) is 4.74 Å². The summed E-state index contributed by atoms with van der Waals surface area (Å²) in [6.07, 6.45) is 1.28. The van der Waals surface area contributed by atoms with Crippen LogP contribution in [-0.4, -0.2) is 22.8 Å². The Balaban J connectivity index is 3.32. The van der Waals surface area contributed by atoms with Crippen molar-refractivity contribution in [1.82, 2.24) is 0 Å². The van der Waals surface area contributed by atoms with E-state index in [4.69, 9.17) is 14.9 Å². The van der Waals surface area contributed by atoms with Gasteiger partial charge in [-0.05, 0) is 12.8 Å². The molecule has 11 heavy (non-hydrogen) atoms. The lowest BCUT2D eigenvalue weighted by molar-refractivity contribution is -0.211. The quantitative estimate of drug-likeness (QED) is 0.578. The van der Waals surface area contributed by atoms with Gasteiger partial charge in [0.15, 0.2) is 12.6 Å². The molecule has 3 heteroatoms. The Morgan fingerprint density at radius 1 is 1.00 bits per heavy atom. The van der Waals surface area contributed by atoms with E-state index in [0.717, 1.165) is 12.8 Å². The molecule has 0 saturated carbocycles. The van der Waals surface area contributed by atoms with Crippen LogP contribution in [0.4, 0.5) is 0 Å². The number of ether oxygens (including phenoxy) is 1. The molecule has 2 N–H and O–H groups in total. The van der Waals surface area contributed by atoms with Crippen molar-refractivity contribution in [2.45, 2.75) is 52.1 Å². The maximum absolute atomic E-state index is 9.06. The molecule has 2 atom stereocenters. The Bertz CT molecular complexity index is 75.4. The van der Waals surface area contributed by atoms with Gasteiger partial charge in [0.2, 0.25) is 0 Å². The molecule has 0 radical (unpaired) electrons. The van der Waals surface area contributed by atoms with Crippen LogP contribution in [0.15, 0.2) is 0 Å². The van der Waals surface area contributed by atoms with Crippen LogP contribution in [0.25, 0.3) is 0 Å². The molecule has 0 saturated heterocycles. The van der Waals surface area contributed by atoms with Gasteiger partial charge in [0.25, 0.3) is 0 Å². The first-order valence-corrected chi connectivity index (χ1v) is 4.22. The highest BCUT2D eigenvalue weighted by Crippen LogP contribution is 2.04. The maximum atomic E-state index is 9.06. The molecule has 0 fully saturated rings. The molecule has 0 bridgehead atoms. The van der Waals surface area contributed by atoms with Crippen LogP contribution in [0.3, 0.4) is 0 Å². The van der Waals surface area contributed by atoms with Crippen LogP contribution in [0.2, 0.25) is 0 Å². The highest BCUT2D eigenvalue weighted by Gasteiger charge is 2.08. The Hall–Kier alpha value is -0.120. The fourth-order valence-electron chi connectivity index (χ4n) is 0.811. The molecule has 3 nitrogen and oxygen atoms in total. The molecular formula is C8H18O3. The van der Waals surface area contributed by atoms with Crippen LogP contribution in [0.1, 0.15) is 39.5 Å². The van der Waals surface area contributed by atoms with Crippen molar-refractivity contribution >= 4 is 0 Å². The van der Waals surface area contributed by atoms with Gasteiger partial charge in [-0.15, -0.1) is 0 Å². The van der Waals surface area contributed by atoms with Gasteiger partial charge in [-0.25, -0.2) is 0 Å². The molecule has 0 aliphatic heterocycles. The van der Waals surface area contributed by atoms with E-state index in [-0.39, 0.29) is 0 Å². The average molecular weight is 162 g/mol. The zero-order valence-corrected chi connectivity index (χ0v) is 7.29. The zero-order valence-electron chi connectivity index (χ0n) is 7.29. The summed E-state index contributed by atoms with van der Waals surface area (Å²) in [7, 11) is 0. The van der Waals surface area contributed by atoms with Gasteiger partial charge < -0.3 is 14.9 Å². The summed E-state index contributed by atoms with van der Waals surface area (Å²) in [5.74, 6) is 0. The van der Waals surface area contributed by atoms with Crippen molar-refractivity contribution in [2.75, 3.05) is 0 Å². The standard InChI is InChI=1S/C8H18O3/c1-3-5-7(9)11-8(10)6-4-2/h7-10H,3-6H2,1-2H3. The summed E-state index contributed by atoms with van der Waals surface area (Å²) in [4.78, 5) is 0. The lowest BCUT2D eigenvalue weighted by Crippen LogP contribution is -2.21. The minimum atomic E-state index is -0.804. The summed E-state index contributed by atoms with van der Waals surface area (Å²) in [6.45, 7) is 3.91. The van der Waals surface area contributed by atoms with Gasteiger partial charge >= 0.3 is 0 Å². The van der Waals surface area contributed by atoms with Crippen molar-refractivity contribution in [3.63, 3.8) is 0 Å². The Kier molecular flexibility index (Phi) is 6.51. The van der Waals surface area contributed by atoms with E-state index < -0.39 is 12.6 Å². The predicted octanol–water partition coefficient (Wildman–Crippen LogP) is 1.24. The fraction of sp³-hybridized carbons (Fsp3) is 1.00. The van der Waals surface area contributed by atoms with Gasteiger partial charge in [0.1, 0.15) is 0 Å². The van der Waals surface area contributed by atoms with Crippen molar-refractivity contribution < 1.29 is 14.9 Å². The molecule has 0 aromatic carbocycles. The molecule has 68 valence electrons. The minimum absolute atomic E-state index is 0.584. The fourth-order valence-corrected chi connectivity index (χ4v) is 0.811. The van der Waals surface area contributed by atoms with Gasteiger partial charge in [-0.3, -0.25) is 0 Å². The van der Waals surface area contributed by atoms with E-state index in [9.17, 15) is 0 Å². The molecule has 2 unspecified atom stereocenters. The van der Waals surface area contributed by atoms with Gasteiger partial charge in [0, 0.05) is 0 Å². The van der Waals surface area contributed by atoms with E-state index in [2.05, 4.69) is 0 Å². The molecule has 0 amide bonds. The lowest BCUT2D eigenvalue weighted by Gasteiger charge is -2.15. The second kappa shape index (κ2) is 6.58. The Labute approximate surface area is 68.0 Å². The van der Waals surface area contributed by atoms with Crippen LogP contribution in [0.5, 0.6) is 0 Å². The number of aliphatic hydroxyl groups is 2. The van der Waals surface area contributed by atoms with Gasteiger partial charge in [-0.1, -0.05) is 26.7 Å². The minimum Gasteiger partial charge on any atom is -0.368 e. The summed E-state index contributed by atoms with van der Waals surface area (Å²) < 4.78 is 4.84. The van der Waals surface area contributed by atoms with E-state index >= 15 is 0 Å². The SMILES string of the molecule is CCCC(O)OC(O)CCC. The van der Waals surface area contributed by atoms with E-state index in [1.807, 2.05) is 13.8 Å². The monoisotopic (exact) mass is 162 g/mol. The smallest absolute Gasteiger partial charge is 0.157 e. The van der Waals surface area contributed by atoms with Crippen molar-refractivity contribution in [3.05, 3.63) is 0 Å². The van der Waals surface area contributed by atoms with E-state index in [0.29, 0.717) is 12.8 Å². The van der Waals surface area contributed by atoms with Crippen LogP contribution >= 0.6 is 0 Å². The predicted molar refractivity (Wildman–Crippen MR) is 42.9 cm³/mol. The second-order valence-electron chi connectivity index (χ2n) is 2.62. The normalized spacial score (nSPS) is 16.4. The van der Waals surface area contributed by atoms with E-state index in [1.165, 1.54) is 0 Å². The summed E-state index contributed by atoms with van der Waals surface area (Å²) in [5.41, 5.74) is 0. The lowest BCUT2D eigenvalue weighted by atomic mass is 10.3. The first-order chi connectivity index (χ1) is 5.20. The number of hydrogen-bond donors (Lipinski definition) is 2. The second-order valence-corrected chi connectivity index (χ2v) is 2.62. The summed E-state index contributed by atoms with van der Waals surface area (Å²) >= 11 is 0. The molecular weight excluding hydrogens is 144 g/mol. The molecule has 0 aliphatic rings. The summed E-state index contributed by atoms with van der Waals surface area (Å²) in [5, 5.41) is 18.1. The summed E-state index contributed by atoms with van der Waals surface area (Å²) in [6, 6.07) is 0. The Morgan fingerprint density at radius 3 is 1.64 bits per heavy atom. The van der Waals surface area contributed by atoms with Gasteiger partial charge in [0.05, 0.1) is 0 Å². The largest absolute Gasteiger partial charge is 0.368 e. The third-order valence-corrected chi connectivity index (χ3v) is 1.39. The van der Waals surface area contributed by atoms with Crippen LogP contribution in [0, 0.1) is 0 Å². The first-order valence-electron chi connectivity index (χ1n) is 4.22. The zero-order chi connectivity index (χ0) is 8.69. The number of aliphatic hydroxyl groups excluding tert-OH is 2. The van der Waals surface area contributed by atoms with E-state index in [1.54, 1.807) is 0 Å². The molecule has 0 rings (SSSR count). The average Bonchev–Trinajstić information content (AvgIpc) is 1.87. The third-order valence-electron chi connectivity index (χ3n) is 1.39. The van der Waals surface area contributed by atoms with Crippen molar-refractivity contribution in [1.29, 1.82) is 0 Å². The molecule has 0 spiro atoms. The third kappa shape index (κ3) is 6.28. The number of hydrogen-bond acceptors (Lipinski definition) is 3. The van der Waals surface area contributed by atoms with Crippen LogP contribution < -0.4 is 0 Å². The molecule has 0 aromatic rings. The maximum Gasteiger partial charge on any atom is 0.157 e. The first kappa shape index (κ1) is 10.9. The molecule has 0 heterocycles. The number of rotatable bonds is 6. The molecule has 0 aliphatic carbocycles. The van der Waals surface area contributed by atoms with Crippen molar-refractivity contribution in [3.8, 4) is 0 Å².